The minimum absolute atomic E-state index is 0.0186. The van der Waals surface area contributed by atoms with E-state index in [4.69, 9.17) is 5.11 Å². The highest BCUT2D eigenvalue weighted by Crippen LogP contribution is 2.28. The summed E-state index contributed by atoms with van der Waals surface area (Å²) in [4.78, 5) is 35.3. The summed E-state index contributed by atoms with van der Waals surface area (Å²) in [5.74, 6) is -2.54. The third-order valence-corrected chi connectivity index (χ3v) is 3.93. The number of alkyl halides is 3. The molecule has 0 fully saturated rings. The van der Waals surface area contributed by atoms with Crippen molar-refractivity contribution in [3.05, 3.63) is 35.4 Å². The van der Waals surface area contributed by atoms with Crippen molar-refractivity contribution in [2.45, 2.75) is 32.6 Å². The fraction of sp³-hybridized carbons (Fsp3) is 0.438. The second kappa shape index (κ2) is 8.75. The van der Waals surface area contributed by atoms with Gasteiger partial charge < -0.3 is 15.7 Å². The Kier molecular flexibility index (Phi) is 6.61. The molecule has 2 heterocycles. The molecule has 10 nitrogen and oxygen atoms in total. The largest absolute Gasteiger partial charge is 0.480 e. The normalized spacial score (nSPS) is 12.4. The molecular formula is C16H19F3N6O4. The number of aromatic nitrogens is 4. The Morgan fingerprint density at radius 3 is 2.28 bits per heavy atom. The number of halogens is 3. The number of carboxylic acid groups (broad SMARTS) is 1. The van der Waals surface area contributed by atoms with Gasteiger partial charge in [0.15, 0.2) is 5.69 Å². The predicted molar refractivity (Wildman–Crippen MR) is 92.1 cm³/mol. The third-order valence-electron chi connectivity index (χ3n) is 3.93. The maximum atomic E-state index is 12.8. The average molecular weight is 416 g/mol. The Bertz CT molecular complexity index is 905. The number of nitrogens with one attached hydrogen (secondary N) is 2. The number of aliphatic carboxylic acids is 1. The molecule has 0 saturated carbocycles. The first-order valence-electron chi connectivity index (χ1n) is 8.54. The molecule has 158 valence electrons. The first kappa shape index (κ1) is 21.9. The van der Waals surface area contributed by atoms with E-state index < -0.39 is 35.7 Å². The van der Waals surface area contributed by atoms with Crippen LogP contribution in [0, 0.1) is 0 Å². The van der Waals surface area contributed by atoms with Gasteiger partial charge in [-0.25, -0.2) is 9.48 Å². The molecule has 2 aromatic rings. The number of hydrogen-bond acceptors (Lipinski definition) is 5. The van der Waals surface area contributed by atoms with Gasteiger partial charge in [-0.15, -0.1) is 0 Å². The van der Waals surface area contributed by atoms with E-state index in [1.807, 2.05) is 0 Å². The Morgan fingerprint density at radius 2 is 1.76 bits per heavy atom. The quantitative estimate of drug-likeness (QED) is 0.549. The van der Waals surface area contributed by atoms with E-state index in [0.29, 0.717) is 6.07 Å². The molecule has 2 aromatic heterocycles. The first-order valence-corrected chi connectivity index (χ1v) is 8.54. The van der Waals surface area contributed by atoms with Gasteiger partial charge in [-0.3, -0.25) is 14.3 Å². The molecule has 1 unspecified atom stereocenters. The zero-order chi connectivity index (χ0) is 21.8. The highest BCUT2D eigenvalue weighted by molar-refractivity contribution is 5.94. The van der Waals surface area contributed by atoms with Crippen LogP contribution in [-0.2, 0) is 17.5 Å². The number of nitrogens with zero attached hydrogens (tertiary/aromatic N) is 4. The fourth-order valence-electron chi connectivity index (χ4n) is 2.42. The molecule has 3 N–H and O–H groups in total. The molecule has 0 aliphatic carbocycles. The minimum Gasteiger partial charge on any atom is -0.480 e. The second-order valence-electron chi connectivity index (χ2n) is 5.92. The molecule has 0 radical (unpaired) electrons. The molecule has 1 atom stereocenters. The van der Waals surface area contributed by atoms with Crippen molar-refractivity contribution in [1.82, 2.24) is 30.2 Å². The van der Waals surface area contributed by atoms with E-state index in [9.17, 15) is 27.6 Å². The van der Waals surface area contributed by atoms with Gasteiger partial charge >= 0.3 is 12.1 Å². The minimum atomic E-state index is -4.67. The number of carbonyl (C=O) groups is 3. The molecule has 0 aliphatic rings. The molecule has 0 saturated heterocycles. The van der Waals surface area contributed by atoms with Gasteiger partial charge in [0, 0.05) is 31.9 Å². The summed E-state index contributed by atoms with van der Waals surface area (Å²) < 4.78 is 40.2. The topological polar surface area (TPSA) is 131 Å². The van der Waals surface area contributed by atoms with Crippen molar-refractivity contribution in [1.29, 1.82) is 0 Å². The lowest BCUT2D eigenvalue weighted by atomic mass is 10.3. The number of carbonyl (C=O) groups excluding carboxylic acids is 2. The van der Waals surface area contributed by atoms with Crippen molar-refractivity contribution >= 4 is 17.8 Å². The molecule has 2 rings (SSSR count). The summed E-state index contributed by atoms with van der Waals surface area (Å²) in [5.41, 5.74) is -1.40. The maximum Gasteiger partial charge on any atom is 0.435 e. The zero-order valence-corrected chi connectivity index (χ0v) is 15.5. The molecule has 0 aromatic carbocycles. The summed E-state index contributed by atoms with van der Waals surface area (Å²) in [6.45, 7) is 2.87. The molecule has 0 spiro atoms. The lowest BCUT2D eigenvalue weighted by Crippen LogP contribution is -2.36. The summed E-state index contributed by atoms with van der Waals surface area (Å²) >= 11 is 0. The SMILES string of the molecule is CCn1nc(C(F)(F)F)cc1C(=O)NCCNC(=O)c1ccnn1C(C)C(=O)O. The smallest absolute Gasteiger partial charge is 0.435 e. The zero-order valence-electron chi connectivity index (χ0n) is 15.5. The summed E-state index contributed by atoms with van der Waals surface area (Å²) in [6, 6.07) is 0.942. The van der Waals surface area contributed by atoms with Crippen LogP contribution in [0.4, 0.5) is 13.2 Å². The Morgan fingerprint density at radius 1 is 1.17 bits per heavy atom. The standard InChI is InChI=1S/C16H19F3N6O4/c1-3-24-11(8-12(23-24)16(17,18)19)14(27)21-7-6-20-13(26)10-4-5-22-25(10)9(2)15(28)29/h4-5,8-9H,3,6-7H2,1-2H3,(H,20,26)(H,21,27)(H,28,29). The number of rotatable bonds is 8. The van der Waals surface area contributed by atoms with Gasteiger partial charge in [0.05, 0.1) is 0 Å². The van der Waals surface area contributed by atoms with Gasteiger partial charge in [0.2, 0.25) is 0 Å². The van der Waals surface area contributed by atoms with E-state index >= 15 is 0 Å². The van der Waals surface area contributed by atoms with Crippen molar-refractivity contribution in [2.75, 3.05) is 13.1 Å². The Balaban J connectivity index is 1.92. The lowest BCUT2D eigenvalue weighted by molar-refractivity contribution is -0.142. The van der Waals surface area contributed by atoms with Gasteiger partial charge in [0.1, 0.15) is 17.4 Å². The van der Waals surface area contributed by atoms with Crippen LogP contribution in [-0.4, -0.2) is 55.5 Å². The lowest BCUT2D eigenvalue weighted by Gasteiger charge is -2.12. The van der Waals surface area contributed by atoms with Crippen molar-refractivity contribution < 1.29 is 32.7 Å². The number of amides is 2. The highest BCUT2D eigenvalue weighted by Gasteiger charge is 2.35. The van der Waals surface area contributed by atoms with Gasteiger partial charge in [-0.1, -0.05) is 0 Å². The monoisotopic (exact) mass is 416 g/mol. The van der Waals surface area contributed by atoms with Crippen LogP contribution in [0.1, 0.15) is 46.6 Å². The summed E-state index contributed by atoms with van der Waals surface area (Å²) in [5, 5.41) is 21.0. The van der Waals surface area contributed by atoms with Crippen LogP contribution in [0.2, 0.25) is 0 Å². The second-order valence-corrected chi connectivity index (χ2v) is 5.92. The first-order chi connectivity index (χ1) is 13.6. The maximum absolute atomic E-state index is 12.8. The van der Waals surface area contributed by atoms with Crippen molar-refractivity contribution in [3.63, 3.8) is 0 Å². The van der Waals surface area contributed by atoms with Gasteiger partial charge in [0.25, 0.3) is 11.8 Å². The van der Waals surface area contributed by atoms with Crippen LogP contribution in [0.5, 0.6) is 0 Å². The van der Waals surface area contributed by atoms with Crippen LogP contribution in [0.3, 0.4) is 0 Å². The van der Waals surface area contributed by atoms with E-state index in [1.54, 1.807) is 6.92 Å². The van der Waals surface area contributed by atoms with Crippen LogP contribution >= 0.6 is 0 Å². The van der Waals surface area contributed by atoms with Crippen LogP contribution < -0.4 is 10.6 Å². The average Bonchev–Trinajstić information content (AvgIpc) is 3.30. The number of hydrogen-bond donors (Lipinski definition) is 3. The summed E-state index contributed by atoms with van der Waals surface area (Å²) in [6.07, 6.45) is -3.39. The summed E-state index contributed by atoms with van der Waals surface area (Å²) in [7, 11) is 0. The molecule has 0 bridgehead atoms. The Labute approximate surface area is 162 Å². The van der Waals surface area contributed by atoms with Gasteiger partial charge in [-0.05, 0) is 19.9 Å². The van der Waals surface area contributed by atoms with Crippen molar-refractivity contribution in [2.24, 2.45) is 0 Å². The van der Waals surface area contributed by atoms with E-state index in [-0.39, 0.29) is 31.0 Å². The molecule has 13 heteroatoms. The highest BCUT2D eigenvalue weighted by atomic mass is 19.4. The number of carboxylic acids is 1. The van der Waals surface area contributed by atoms with Crippen LogP contribution in [0.15, 0.2) is 18.3 Å². The molecule has 29 heavy (non-hydrogen) atoms. The predicted octanol–water partition coefficient (Wildman–Crippen LogP) is 0.924. The molecular weight excluding hydrogens is 397 g/mol. The third kappa shape index (κ3) is 5.12. The Hall–Kier alpha value is -3.38. The number of aryl methyl sites for hydroxylation is 1. The molecule has 0 aliphatic heterocycles. The van der Waals surface area contributed by atoms with Crippen molar-refractivity contribution in [3.8, 4) is 0 Å². The van der Waals surface area contributed by atoms with E-state index in [1.165, 1.54) is 19.2 Å². The van der Waals surface area contributed by atoms with Gasteiger partial charge in [-0.2, -0.15) is 23.4 Å². The molecule has 2 amide bonds. The van der Waals surface area contributed by atoms with E-state index in [0.717, 1.165) is 9.36 Å². The van der Waals surface area contributed by atoms with Crippen LogP contribution in [0.25, 0.3) is 0 Å². The van der Waals surface area contributed by atoms with E-state index in [2.05, 4.69) is 20.8 Å². The fourth-order valence-corrected chi connectivity index (χ4v) is 2.42.